The molecule has 0 spiro atoms. The van der Waals surface area contributed by atoms with E-state index in [-0.39, 0.29) is 4.90 Å². The Hall–Kier alpha value is -4.76. The van der Waals surface area contributed by atoms with Gasteiger partial charge in [-0.05, 0) is 92.2 Å². The first kappa shape index (κ1) is 26.3. The highest BCUT2D eigenvalue weighted by Gasteiger charge is 2.14. The number of sulfonamides is 1. The van der Waals surface area contributed by atoms with Crippen LogP contribution in [0.25, 0.3) is 0 Å². The molecule has 0 fully saturated rings. The summed E-state index contributed by atoms with van der Waals surface area (Å²) in [6, 6.07) is 26.3. The number of carbonyl (C=O) groups excluding carboxylic acids is 2. The first-order valence-corrected chi connectivity index (χ1v) is 13.1. The Balaban J connectivity index is 1.30. The zero-order valence-corrected chi connectivity index (χ0v) is 21.5. The van der Waals surface area contributed by atoms with E-state index in [1.165, 1.54) is 42.6 Å². The normalized spacial score (nSPS) is 11.2. The second kappa shape index (κ2) is 11.5. The van der Waals surface area contributed by atoms with E-state index >= 15 is 0 Å². The van der Waals surface area contributed by atoms with Crippen LogP contribution in [0.4, 0.5) is 5.69 Å². The molecule has 38 heavy (non-hydrogen) atoms. The van der Waals surface area contributed by atoms with Crippen molar-refractivity contribution in [2.45, 2.75) is 18.7 Å². The molecule has 0 heterocycles. The summed E-state index contributed by atoms with van der Waals surface area (Å²) in [6.45, 7) is 3.77. The molecular formula is C29H25N3O5S. The van der Waals surface area contributed by atoms with Crippen molar-refractivity contribution < 1.29 is 22.7 Å². The number of nitrogens with zero attached hydrogens (tertiary/aromatic N) is 1. The van der Waals surface area contributed by atoms with Gasteiger partial charge in [-0.3, -0.25) is 9.52 Å². The highest BCUT2D eigenvalue weighted by molar-refractivity contribution is 7.92. The third-order valence-corrected chi connectivity index (χ3v) is 6.85. The molecule has 0 aromatic heterocycles. The van der Waals surface area contributed by atoms with Crippen LogP contribution >= 0.6 is 0 Å². The maximum absolute atomic E-state index is 12.5. The molecular weight excluding hydrogens is 502 g/mol. The first-order valence-electron chi connectivity index (χ1n) is 11.6. The lowest BCUT2D eigenvalue weighted by atomic mass is 10.1. The number of hydrogen-bond acceptors (Lipinski definition) is 6. The van der Waals surface area contributed by atoms with E-state index in [4.69, 9.17) is 4.74 Å². The predicted molar refractivity (Wildman–Crippen MR) is 146 cm³/mol. The Bertz CT molecular complexity index is 1580. The van der Waals surface area contributed by atoms with Gasteiger partial charge in [0.2, 0.25) is 0 Å². The van der Waals surface area contributed by atoms with Crippen molar-refractivity contribution in [3.63, 3.8) is 0 Å². The van der Waals surface area contributed by atoms with Crippen LogP contribution < -0.4 is 14.9 Å². The lowest BCUT2D eigenvalue weighted by Gasteiger charge is -2.09. The number of amides is 1. The molecule has 192 valence electrons. The number of anilines is 1. The Morgan fingerprint density at radius 1 is 0.789 bits per heavy atom. The van der Waals surface area contributed by atoms with Gasteiger partial charge in [-0.15, -0.1) is 0 Å². The molecule has 0 radical (unpaired) electrons. The molecule has 1 amide bonds. The molecule has 0 unspecified atom stereocenters. The van der Waals surface area contributed by atoms with Crippen LogP contribution in [0.1, 0.15) is 37.4 Å². The van der Waals surface area contributed by atoms with Gasteiger partial charge in [0, 0.05) is 11.3 Å². The van der Waals surface area contributed by atoms with Crippen molar-refractivity contribution in [3.8, 4) is 5.75 Å². The fourth-order valence-corrected chi connectivity index (χ4v) is 4.47. The molecule has 2 N–H and O–H groups in total. The van der Waals surface area contributed by atoms with Crippen molar-refractivity contribution in [3.05, 3.63) is 125 Å². The van der Waals surface area contributed by atoms with Gasteiger partial charge >= 0.3 is 5.97 Å². The Morgan fingerprint density at radius 2 is 1.47 bits per heavy atom. The predicted octanol–water partition coefficient (Wildman–Crippen LogP) is 5.09. The zero-order chi connectivity index (χ0) is 27.1. The number of aryl methyl sites for hydroxylation is 2. The monoisotopic (exact) mass is 527 g/mol. The minimum Gasteiger partial charge on any atom is -0.423 e. The minimum absolute atomic E-state index is 0.150. The Kier molecular flexibility index (Phi) is 7.98. The number of hydrogen-bond donors (Lipinski definition) is 2. The molecule has 4 aromatic rings. The number of nitrogens with one attached hydrogen (secondary N) is 2. The van der Waals surface area contributed by atoms with E-state index in [1.807, 2.05) is 19.9 Å². The molecule has 0 bridgehead atoms. The fourth-order valence-electron chi connectivity index (χ4n) is 3.41. The molecule has 0 aliphatic rings. The maximum atomic E-state index is 12.5. The SMILES string of the molecule is Cc1ccc(S(=O)(=O)Nc2ccc(C(=O)N/N=C/c3ccc(OC(=O)c4cccc(C)c4)cc3)cc2)cc1. The summed E-state index contributed by atoms with van der Waals surface area (Å²) < 4.78 is 32.9. The molecule has 0 aliphatic heterocycles. The van der Waals surface area contributed by atoms with Crippen LogP contribution in [0.15, 0.2) is 107 Å². The standard InChI is InChI=1S/C29H25N3O5S/c1-20-6-16-27(17-7-20)38(35,36)32-25-12-10-23(11-13-25)28(33)31-30-19-22-8-14-26(15-9-22)37-29(34)24-5-3-4-21(2)18-24/h3-19,32H,1-2H3,(H,31,33)/b30-19+. The van der Waals surface area contributed by atoms with Gasteiger partial charge in [-0.2, -0.15) is 5.10 Å². The number of esters is 1. The first-order chi connectivity index (χ1) is 18.2. The van der Waals surface area contributed by atoms with E-state index < -0.39 is 21.9 Å². The molecule has 4 rings (SSSR count). The van der Waals surface area contributed by atoms with E-state index in [1.54, 1.807) is 54.6 Å². The van der Waals surface area contributed by atoms with Crippen LogP contribution in [0.5, 0.6) is 5.75 Å². The van der Waals surface area contributed by atoms with Crippen LogP contribution in [0, 0.1) is 13.8 Å². The second-order valence-electron chi connectivity index (χ2n) is 8.52. The number of benzene rings is 4. The van der Waals surface area contributed by atoms with Crippen molar-refractivity contribution in [1.29, 1.82) is 0 Å². The number of rotatable bonds is 8. The highest BCUT2D eigenvalue weighted by Crippen LogP contribution is 2.18. The highest BCUT2D eigenvalue weighted by atomic mass is 32.2. The number of ether oxygens (including phenoxy) is 1. The van der Waals surface area contributed by atoms with E-state index in [0.29, 0.717) is 28.1 Å². The van der Waals surface area contributed by atoms with Crippen LogP contribution in [0.3, 0.4) is 0 Å². The summed E-state index contributed by atoms with van der Waals surface area (Å²) in [5.41, 5.74) is 6.13. The number of carbonyl (C=O) groups is 2. The summed E-state index contributed by atoms with van der Waals surface area (Å²) in [5.74, 6) is -0.523. The van der Waals surface area contributed by atoms with Gasteiger partial charge in [0.25, 0.3) is 15.9 Å². The summed E-state index contributed by atoms with van der Waals surface area (Å²) in [5, 5.41) is 3.95. The Labute approximate surface area is 221 Å². The molecule has 0 saturated carbocycles. The second-order valence-corrected chi connectivity index (χ2v) is 10.2. The zero-order valence-electron chi connectivity index (χ0n) is 20.7. The van der Waals surface area contributed by atoms with Gasteiger partial charge in [0.1, 0.15) is 5.75 Å². The van der Waals surface area contributed by atoms with Crippen LogP contribution in [0.2, 0.25) is 0 Å². The molecule has 0 atom stereocenters. The lowest BCUT2D eigenvalue weighted by molar-refractivity contribution is 0.0734. The molecule has 0 saturated heterocycles. The van der Waals surface area contributed by atoms with Gasteiger partial charge in [0.15, 0.2) is 0 Å². The average Bonchev–Trinajstić information content (AvgIpc) is 2.90. The van der Waals surface area contributed by atoms with Crippen LogP contribution in [-0.4, -0.2) is 26.5 Å². The number of hydrazone groups is 1. The largest absolute Gasteiger partial charge is 0.423 e. The minimum atomic E-state index is -3.74. The fraction of sp³-hybridized carbons (Fsp3) is 0.0690. The lowest BCUT2D eigenvalue weighted by Crippen LogP contribution is -2.18. The van der Waals surface area contributed by atoms with Gasteiger partial charge in [-0.25, -0.2) is 18.6 Å². The van der Waals surface area contributed by atoms with E-state index in [2.05, 4.69) is 15.2 Å². The average molecular weight is 528 g/mol. The third kappa shape index (κ3) is 6.92. The maximum Gasteiger partial charge on any atom is 0.343 e. The van der Waals surface area contributed by atoms with E-state index in [9.17, 15) is 18.0 Å². The van der Waals surface area contributed by atoms with Crippen molar-refractivity contribution in [1.82, 2.24) is 5.43 Å². The van der Waals surface area contributed by atoms with Crippen LogP contribution in [-0.2, 0) is 10.0 Å². The molecule has 8 nitrogen and oxygen atoms in total. The molecule has 4 aromatic carbocycles. The van der Waals surface area contributed by atoms with Gasteiger partial charge in [0.05, 0.1) is 16.7 Å². The summed E-state index contributed by atoms with van der Waals surface area (Å²) in [4.78, 5) is 24.8. The van der Waals surface area contributed by atoms with Crippen molar-refractivity contribution >= 4 is 33.8 Å². The molecule has 9 heteroatoms. The van der Waals surface area contributed by atoms with Gasteiger partial charge in [-0.1, -0.05) is 35.4 Å². The van der Waals surface area contributed by atoms with Crippen molar-refractivity contribution in [2.75, 3.05) is 4.72 Å². The molecule has 0 aliphatic carbocycles. The van der Waals surface area contributed by atoms with Gasteiger partial charge < -0.3 is 4.74 Å². The summed E-state index contributed by atoms with van der Waals surface area (Å²) in [6.07, 6.45) is 1.45. The quantitative estimate of drug-likeness (QED) is 0.143. The van der Waals surface area contributed by atoms with E-state index in [0.717, 1.165) is 11.1 Å². The summed E-state index contributed by atoms with van der Waals surface area (Å²) >= 11 is 0. The summed E-state index contributed by atoms with van der Waals surface area (Å²) in [7, 11) is -3.74. The Morgan fingerprint density at radius 3 is 2.13 bits per heavy atom. The topological polar surface area (TPSA) is 114 Å². The van der Waals surface area contributed by atoms with Crippen molar-refractivity contribution in [2.24, 2.45) is 5.10 Å². The smallest absolute Gasteiger partial charge is 0.343 e. The third-order valence-electron chi connectivity index (χ3n) is 5.45.